The van der Waals surface area contributed by atoms with Gasteiger partial charge in [-0.05, 0) is 67.6 Å². The molecule has 1 aromatic heterocycles. The SMILES string of the molecule is C=CCN(CC(=O)Nc1nc(-c2ccc(OC)cc2)cn1-c1ccc(C)cc1)C(=O)c1ccc(F)cc1. The lowest BCUT2D eigenvalue weighted by Gasteiger charge is -2.20. The van der Waals surface area contributed by atoms with E-state index in [-0.39, 0.29) is 18.7 Å². The predicted octanol–water partition coefficient (Wildman–Crippen LogP) is 5.26. The Balaban J connectivity index is 1.60. The normalized spacial score (nSPS) is 10.6. The minimum Gasteiger partial charge on any atom is -0.497 e. The highest BCUT2D eigenvalue weighted by Gasteiger charge is 2.20. The number of nitrogens with zero attached hydrogens (tertiary/aromatic N) is 3. The van der Waals surface area contributed by atoms with Crippen molar-refractivity contribution in [1.82, 2.24) is 14.5 Å². The number of nitrogens with one attached hydrogen (secondary N) is 1. The molecule has 0 aliphatic rings. The second-order valence-electron chi connectivity index (χ2n) is 8.41. The maximum atomic E-state index is 13.3. The van der Waals surface area contributed by atoms with Gasteiger partial charge in [0.1, 0.15) is 18.1 Å². The van der Waals surface area contributed by atoms with E-state index in [1.54, 1.807) is 11.7 Å². The molecule has 0 aliphatic heterocycles. The Bertz CT molecular complexity index is 1390. The van der Waals surface area contributed by atoms with Gasteiger partial charge in [0.05, 0.1) is 12.8 Å². The van der Waals surface area contributed by atoms with Gasteiger partial charge >= 0.3 is 0 Å². The smallest absolute Gasteiger partial charge is 0.254 e. The van der Waals surface area contributed by atoms with Crippen molar-refractivity contribution in [1.29, 1.82) is 0 Å². The molecule has 0 saturated heterocycles. The Labute approximate surface area is 214 Å². The molecule has 0 bridgehead atoms. The van der Waals surface area contributed by atoms with E-state index in [0.717, 1.165) is 22.6 Å². The van der Waals surface area contributed by atoms with Crippen LogP contribution in [0.5, 0.6) is 5.75 Å². The van der Waals surface area contributed by atoms with E-state index in [9.17, 15) is 14.0 Å². The zero-order valence-electron chi connectivity index (χ0n) is 20.6. The molecule has 0 aliphatic carbocycles. The van der Waals surface area contributed by atoms with Crippen molar-refractivity contribution in [2.24, 2.45) is 0 Å². The van der Waals surface area contributed by atoms with Crippen LogP contribution in [0.1, 0.15) is 15.9 Å². The monoisotopic (exact) mass is 498 g/mol. The van der Waals surface area contributed by atoms with Crippen LogP contribution in [0.4, 0.5) is 10.3 Å². The van der Waals surface area contributed by atoms with Gasteiger partial charge in [0, 0.05) is 29.6 Å². The first kappa shape index (κ1) is 25.4. The average Bonchev–Trinajstić information content (AvgIpc) is 3.32. The van der Waals surface area contributed by atoms with Crippen molar-refractivity contribution in [3.05, 3.63) is 109 Å². The minimum absolute atomic E-state index is 0.146. The van der Waals surface area contributed by atoms with Gasteiger partial charge in [-0.25, -0.2) is 9.37 Å². The first-order chi connectivity index (χ1) is 17.9. The second kappa shape index (κ2) is 11.3. The Morgan fingerprint density at radius 3 is 2.35 bits per heavy atom. The molecule has 3 aromatic carbocycles. The number of ether oxygens (including phenoxy) is 1. The quantitative estimate of drug-likeness (QED) is 0.319. The van der Waals surface area contributed by atoms with Crippen LogP contribution in [0.3, 0.4) is 0 Å². The van der Waals surface area contributed by atoms with Gasteiger partial charge in [-0.3, -0.25) is 19.5 Å². The molecule has 0 radical (unpaired) electrons. The maximum Gasteiger partial charge on any atom is 0.254 e. The van der Waals surface area contributed by atoms with Crippen molar-refractivity contribution in [2.45, 2.75) is 6.92 Å². The number of hydrogen-bond acceptors (Lipinski definition) is 4. The summed E-state index contributed by atoms with van der Waals surface area (Å²) in [5, 5.41) is 2.84. The van der Waals surface area contributed by atoms with Crippen LogP contribution < -0.4 is 10.1 Å². The molecule has 4 rings (SSSR count). The first-order valence-corrected chi connectivity index (χ1v) is 11.6. The standard InChI is InChI=1S/C29H27FN4O3/c1-4-17-33(28(36)22-7-11-23(30)12-8-22)19-27(35)32-29-31-26(21-9-15-25(37-3)16-10-21)18-34(29)24-13-5-20(2)6-14-24/h4-16,18H,1,17,19H2,2-3H3,(H,31,32,35). The highest BCUT2D eigenvalue weighted by atomic mass is 19.1. The molecule has 7 nitrogen and oxygen atoms in total. The van der Waals surface area contributed by atoms with Gasteiger partial charge in [-0.1, -0.05) is 23.8 Å². The highest BCUT2D eigenvalue weighted by molar-refractivity contribution is 5.99. The fraction of sp³-hybridized carbons (Fsp3) is 0.138. The number of carbonyl (C=O) groups excluding carboxylic acids is 2. The number of methoxy groups -OCH3 is 1. The van der Waals surface area contributed by atoms with Crippen molar-refractivity contribution in [2.75, 3.05) is 25.5 Å². The van der Waals surface area contributed by atoms with E-state index in [2.05, 4.69) is 16.9 Å². The number of aryl methyl sites for hydroxylation is 1. The van der Waals surface area contributed by atoms with Gasteiger partial charge < -0.3 is 9.64 Å². The third-order valence-corrected chi connectivity index (χ3v) is 5.72. The van der Waals surface area contributed by atoms with E-state index >= 15 is 0 Å². The average molecular weight is 499 g/mol. The second-order valence-corrected chi connectivity index (χ2v) is 8.41. The molecule has 188 valence electrons. The predicted molar refractivity (Wildman–Crippen MR) is 141 cm³/mol. The lowest BCUT2D eigenvalue weighted by Crippen LogP contribution is -2.38. The number of carbonyl (C=O) groups is 2. The van der Waals surface area contributed by atoms with Crippen molar-refractivity contribution in [3.63, 3.8) is 0 Å². The Morgan fingerprint density at radius 2 is 1.73 bits per heavy atom. The summed E-state index contributed by atoms with van der Waals surface area (Å²) < 4.78 is 20.3. The summed E-state index contributed by atoms with van der Waals surface area (Å²) in [5.41, 5.74) is 3.70. The summed E-state index contributed by atoms with van der Waals surface area (Å²) >= 11 is 0. The lowest BCUT2D eigenvalue weighted by molar-refractivity contribution is -0.116. The Kier molecular flexibility index (Phi) is 7.78. The van der Waals surface area contributed by atoms with E-state index in [1.165, 1.54) is 35.2 Å². The number of amides is 2. The van der Waals surface area contributed by atoms with Crippen LogP contribution in [0.2, 0.25) is 0 Å². The summed E-state index contributed by atoms with van der Waals surface area (Å²) in [6.07, 6.45) is 3.37. The molecule has 0 unspecified atom stereocenters. The summed E-state index contributed by atoms with van der Waals surface area (Å²) in [4.78, 5) is 32.0. The van der Waals surface area contributed by atoms with Crippen molar-refractivity contribution < 1.29 is 18.7 Å². The van der Waals surface area contributed by atoms with Crippen LogP contribution in [0.25, 0.3) is 16.9 Å². The van der Waals surface area contributed by atoms with Gasteiger partial charge in [0.2, 0.25) is 11.9 Å². The van der Waals surface area contributed by atoms with Crippen LogP contribution in [-0.2, 0) is 4.79 Å². The molecular weight excluding hydrogens is 471 g/mol. The third-order valence-electron chi connectivity index (χ3n) is 5.72. The molecule has 0 spiro atoms. The summed E-state index contributed by atoms with van der Waals surface area (Å²) in [5.74, 6) is -0.246. The molecule has 0 fully saturated rings. The molecular formula is C29H27FN4O3. The van der Waals surface area contributed by atoms with Gasteiger partial charge in [0.25, 0.3) is 5.91 Å². The molecule has 0 atom stereocenters. The van der Waals surface area contributed by atoms with Gasteiger partial charge in [0.15, 0.2) is 0 Å². The van der Waals surface area contributed by atoms with Crippen LogP contribution in [-0.4, -0.2) is 46.5 Å². The van der Waals surface area contributed by atoms with Crippen LogP contribution in [0, 0.1) is 12.7 Å². The molecule has 2 amide bonds. The number of anilines is 1. The number of rotatable bonds is 9. The number of aromatic nitrogens is 2. The summed E-state index contributed by atoms with van der Waals surface area (Å²) in [6, 6.07) is 20.5. The molecule has 0 saturated carbocycles. The molecule has 1 N–H and O–H groups in total. The third kappa shape index (κ3) is 6.10. The van der Waals surface area contributed by atoms with Gasteiger partial charge in [-0.15, -0.1) is 6.58 Å². The maximum absolute atomic E-state index is 13.3. The Morgan fingerprint density at radius 1 is 1.05 bits per heavy atom. The largest absolute Gasteiger partial charge is 0.497 e. The van der Waals surface area contributed by atoms with E-state index in [0.29, 0.717) is 11.6 Å². The first-order valence-electron chi connectivity index (χ1n) is 11.6. The summed E-state index contributed by atoms with van der Waals surface area (Å²) in [6.45, 7) is 5.59. The minimum atomic E-state index is -0.444. The van der Waals surface area contributed by atoms with E-state index < -0.39 is 17.6 Å². The fourth-order valence-electron chi connectivity index (χ4n) is 3.76. The molecule has 37 heavy (non-hydrogen) atoms. The zero-order chi connectivity index (χ0) is 26.4. The molecule has 1 heterocycles. The van der Waals surface area contributed by atoms with E-state index in [4.69, 9.17) is 4.74 Å². The topological polar surface area (TPSA) is 76.5 Å². The van der Waals surface area contributed by atoms with Crippen LogP contribution in [0.15, 0.2) is 91.6 Å². The summed E-state index contributed by atoms with van der Waals surface area (Å²) in [7, 11) is 1.60. The fourth-order valence-corrected chi connectivity index (χ4v) is 3.76. The van der Waals surface area contributed by atoms with Crippen LogP contribution >= 0.6 is 0 Å². The highest BCUT2D eigenvalue weighted by Crippen LogP contribution is 2.26. The Hall–Kier alpha value is -4.72. The number of hydrogen-bond donors (Lipinski definition) is 1. The van der Waals surface area contributed by atoms with Gasteiger partial charge in [-0.2, -0.15) is 0 Å². The zero-order valence-corrected chi connectivity index (χ0v) is 20.6. The lowest BCUT2D eigenvalue weighted by atomic mass is 10.1. The van der Waals surface area contributed by atoms with E-state index in [1.807, 2.05) is 61.7 Å². The van der Waals surface area contributed by atoms with Crippen molar-refractivity contribution >= 4 is 17.8 Å². The number of imidazole rings is 1. The molecule has 8 heteroatoms. The molecule has 4 aromatic rings. The number of halogens is 1. The number of benzene rings is 3. The van der Waals surface area contributed by atoms with Crippen molar-refractivity contribution in [3.8, 4) is 22.7 Å².